The van der Waals surface area contributed by atoms with E-state index in [4.69, 9.17) is 17.3 Å². The SMILES string of the molecule is Nc1cccnc1-c1cccc(Sc2ncc(I)cn2)c1Cl. The summed E-state index contributed by atoms with van der Waals surface area (Å²) < 4.78 is 0.989. The maximum atomic E-state index is 6.52. The third kappa shape index (κ3) is 3.34. The zero-order chi connectivity index (χ0) is 15.5. The molecule has 3 aromatic rings. The van der Waals surface area contributed by atoms with Crippen LogP contribution in [0, 0.1) is 3.57 Å². The van der Waals surface area contributed by atoms with Crippen LogP contribution in [0.25, 0.3) is 11.3 Å². The van der Waals surface area contributed by atoms with E-state index < -0.39 is 0 Å². The minimum Gasteiger partial charge on any atom is -0.397 e. The van der Waals surface area contributed by atoms with Crippen LogP contribution in [0.15, 0.2) is 59.0 Å². The van der Waals surface area contributed by atoms with Crippen LogP contribution in [0.5, 0.6) is 0 Å². The Kier molecular flexibility index (Phi) is 4.80. The van der Waals surface area contributed by atoms with Crippen molar-refractivity contribution in [2.45, 2.75) is 10.1 Å². The van der Waals surface area contributed by atoms with Crippen molar-refractivity contribution in [1.82, 2.24) is 15.0 Å². The molecule has 0 aliphatic heterocycles. The summed E-state index contributed by atoms with van der Waals surface area (Å²) in [6.45, 7) is 0. The number of nitrogens with two attached hydrogens (primary N) is 1. The zero-order valence-electron chi connectivity index (χ0n) is 11.2. The van der Waals surface area contributed by atoms with Gasteiger partial charge in [0.1, 0.15) is 0 Å². The van der Waals surface area contributed by atoms with Crippen LogP contribution in [-0.2, 0) is 0 Å². The molecule has 1 aromatic carbocycles. The normalized spacial score (nSPS) is 10.6. The molecule has 0 saturated heterocycles. The summed E-state index contributed by atoms with van der Waals surface area (Å²) in [4.78, 5) is 13.7. The minimum absolute atomic E-state index is 0.595. The van der Waals surface area contributed by atoms with E-state index in [0.29, 0.717) is 21.6 Å². The van der Waals surface area contributed by atoms with Crippen molar-refractivity contribution in [3.8, 4) is 11.3 Å². The number of halogens is 2. The maximum Gasteiger partial charge on any atom is 0.192 e. The summed E-state index contributed by atoms with van der Waals surface area (Å²) in [5.41, 5.74) is 8.06. The van der Waals surface area contributed by atoms with Gasteiger partial charge in [-0.3, -0.25) is 4.98 Å². The average Bonchev–Trinajstić information content (AvgIpc) is 2.52. The molecule has 0 saturated carbocycles. The number of hydrogen-bond donors (Lipinski definition) is 1. The van der Waals surface area contributed by atoms with Crippen LogP contribution in [0.2, 0.25) is 5.02 Å². The number of pyridine rings is 1. The van der Waals surface area contributed by atoms with E-state index in [9.17, 15) is 0 Å². The van der Waals surface area contributed by atoms with Gasteiger partial charge in [-0.05, 0) is 52.6 Å². The van der Waals surface area contributed by atoms with E-state index in [2.05, 4.69) is 37.5 Å². The van der Waals surface area contributed by atoms with E-state index >= 15 is 0 Å². The first-order valence-corrected chi connectivity index (χ1v) is 8.57. The molecule has 3 rings (SSSR count). The number of nitrogen functional groups attached to an aromatic ring is 1. The van der Waals surface area contributed by atoms with Gasteiger partial charge in [0, 0.05) is 32.6 Å². The Balaban J connectivity index is 1.99. The highest BCUT2D eigenvalue weighted by Crippen LogP contribution is 2.38. The fraction of sp³-hybridized carbons (Fsp3) is 0. The number of anilines is 1. The third-order valence-electron chi connectivity index (χ3n) is 2.86. The molecule has 4 nitrogen and oxygen atoms in total. The highest BCUT2D eigenvalue weighted by atomic mass is 127. The molecule has 0 fully saturated rings. The monoisotopic (exact) mass is 440 g/mol. The molecular formula is C15H10ClIN4S. The fourth-order valence-electron chi connectivity index (χ4n) is 1.87. The van der Waals surface area contributed by atoms with Crippen molar-refractivity contribution in [2.24, 2.45) is 0 Å². The van der Waals surface area contributed by atoms with Crippen molar-refractivity contribution >= 4 is 51.6 Å². The number of nitrogens with zero attached hydrogens (tertiary/aromatic N) is 3. The second-order valence-corrected chi connectivity index (χ2v) is 6.98. The predicted octanol–water partition coefficient (Wildman–Crippen LogP) is 4.53. The first kappa shape index (κ1) is 15.5. The molecule has 2 aromatic heterocycles. The lowest BCUT2D eigenvalue weighted by Crippen LogP contribution is -1.94. The van der Waals surface area contributed by atoms with Gasteiger partial charge in [-0.2, -0.15) is 0 Å². The molecule has 2 N–H and O–H groups in total. The predicted molar refractivity (Wildman–Crippen MR) is 98.0 cm³/mol. The molecule has 0 bridgehead atoms. The molecule has 0 aliphatic carbocycles. The third-order valence-corrected chi connectivity index (χ3v) is 4.89. The zero-order valence-corrected chi connectivity index (χ0v) is 14.9. The van der Waals surface area contributed by atoms with Gasteiger partial charge in [-0.25, -0.2) is 9.97 Å². The maximum absolute atomic E-state index is 6.52. The van der Waals surface area contributed by atoms with E-state index in [-0.39, 0.29) is 0 Å². The van der Waals surface area contributed by atoms with Crippen LogP contribution in [0.1, 0.15) is 0 Å². The summed E-state index contributed by atoms with van der Waals surface area (Å²) in [5.74, 6) is 0. The van der Waals surface area contributed by atoms with Crippen LogP contribution < -0.4 is 5.73 Å². The summed E-state index contributed by atoms with van der Waals surface area (Å²) >= 11 is 10.1. The van der Waals surface area contributed by atoms with Crippen LogP contribution in [-0.4, -0.2) is 15.0 Å². The smallest absolute Gasteiger partial charge is 0.192 e. The lowest BCUT2D eigenvalue weighted by atomic mass is 10.1. The lowest BCUT2D eigenvalue weighted by Gasteiger charge is -2.10. The molecule has 0 amide bonds. The van der Waals surface area contributed by atoms with E-state index in [1.807, 2.05) is 18.2 Å². The molecule has 0 unspecified atom stereocenters. The van der Waals surface area contributed by atoms with Gasteiger partial charge in [0.15, 0.2) is 5.16 Å². The van der Waals surface area contributed by atoms with Crippen molar-refractivity contribution < 1.29 is 0 Å². The van der Waals surface area contributed by atoms with E-state index in [1.54, 1.807) is 30.7 Å². The van der Waals surface area contributed by atoms with Gasteiger partial charge >= 0.3 is 0 Å². The van der Waals surface area contributed by atoms with Crippen molar-refractivity contribution in [3.63, 3.8) is 0 Å². The lowest BCUT2D eigenvalue weighted by molar-refractivity contribution is 0.957. The Morgan fingerprint density at radius 3 is 2.55 bits per heavy atom. The molecule has 110 valence electrons. The first-order valence-electron chi connectivity index (χ1n) is 6.30. The second kappa shape index (κ2) is 6.80. The highest BCUT2D eigenvalue weighted by Gasteiger charge is 2.13. The Morgan fingerprint density at radius 2 is 1.82 bits per heavy atom. The molecule has 7 heteroatoms. The fourth-order valence-corrected chi connectivity index (χ4v) is 3.23. The van der Waals surface area contributed by atoms with Gasteiger partial charge < -0.3 is 5.73 Å². The van der Waals surface area contributed by atoms with Gasteiger partial charge in [0.05, 0.1) is 16.4 Å². The summed E-state index contributed by atoms with van der Waals surface area (Å²) in [7, 11) is 0. The first-order chi connectivity index (χ1) is 10.6. The average molecular weight is 441 g/mol. The van der Waals surface area contributed by atoms with Gasteiger partial charge in [0.25, 0.3) is 0 Å². The van der Waals surface area contributed by atoms with Gasteiger partial charge in [-0.1, -0.05) is 23.7 Å². The highest BCUT2D eigenvalue weighted by molar-refractivity contribution is 14.1. The molecule has 0 aliphatic rings. The van der Waals surface area contributed by atoms with Crippen molar-refractivity contribution in [3.05, 3.63) is 57.5 Å². The summed E-state index contributed by atoms with van der Waals surface area (Å²) in [5, 5.41) is 1.24. The van der Waals surface area contributed by atoms with Crippen LogP contribution >= 0.6 is 46.0 Å². The minimum atomic E-state index is 0.595. The number of aromatic nitrogens is 3. The quantitative estimate of drug-likeness (QED) is 0.479. The Labute approximate surface area is 150 Å². The number of rotatable bonds is 3. The standard InChI is InChI=1S/C15H10ClIN4S/c16-13-10(14-11(18)4-2-6-19-14)3-1-5-12(13)22-15-20-7-9(17)8-21-15/h1-8H,18H2. The molecule has 2 heterocycles. The second-order valence-electron chi connectivity index (χ2n) is 4.34. The number of benzene rings is 1. The van der Waals surface area contributed by atoms with Crippen LogP contribution in [0.4, 0.5) is 5.69 Å². The Morgan fingerprint density at radius 1 is 1.05 bits per heavy atom. The van der Waals surface area contributed by atoms with E-state index in [0.717, 1.165) is 14.0 Å². The molecule has 22 heavy (non-hydrogen) atoms. The van der Waals surface area contributed by atoms with Gasteiger partial charge in [-0.15, -0.1) is 0 Å². The molecule has 0 spiro atoms. The molecule has 0 radical (unpaired) electrons. The van der Waals surface area contributed by atoms with Crippen molar-refractivity contribution in [2.75, 3.05) is 5.73 Å². The summed E-state index contributed by atoms with van der Waals surface area (Å²) in [6, 6.07) is 9.35. The Hall–Kier alpha value is -1.38. The van der Waals surface area contributed by atoms with Crippen LogP contribution in [0.3, 0.4) is 0 Å². The number of hydrogen-bond acceptors (Lipinski definition) is 5. The summed E-state index contributed by atoms with van der Waals surface area (Å²) in [6.07, 6.45) is 5.23. The van der Waals surface area contributed by atoms with E-state index in [1.165, 1.54) is 11.8 Å². The van der Waals surface area contributed by atoms with Gasteiger partial charge in [0.2, 0.25) is 0 Å². The Bertz CT molecular complexity index is 811. The molecular weight excluding hydrogens is 431 g/mol. The largest absolute Gasteiger partial charge is 0.397 e. The molecule has 0 atom stereocenters. The topological polar surface area (TPSA) is 64.7 Å². The van der Waals surface area contributed by atoms with Crippen molar-refractivity contribution in [1.29, 1.82) is 0 Å².